The van der Waals surface area contributed by atoms with Gasteiger partial charge in [0, 0.05) is 16.1 Å². The summed E-state index contributed by atoms with van der Waals surface area (Å²) in [6, 6.07) is 22.5. The number of rotatable bonds is 5. The highest BCUT2D eigenvalue weighted by atomic mass is 35.5. The van der Waals surface area contributed by atoms with Gasteiger partial charge in [0.25, 0.3) is 0 Å². The highest BCUT2D eigenvalue weighted by molar-refractivity contribution is 6.30. The molecular formula is C30H30ClNO3. The van der Waals surface area contributed by atoms with Crippen molar-refractivity contribution < 1.29 is 14.3 Å². The molecule has 0 amide bonds. The highest BCUT2D eigenvalue weighted by Gasteiger charge is 2.52. The van der Waals surface area contributed by atoms with Crippen LogP contribution in [0, 0.1) is 6.92 Å². The molecule has 0 radical (unpaired) electrons. The number of hydrogen-bond donors (Lipinski definition) is 1. The third-order valence-corrected chi connectivity index (χ3v) is 7.90. The number of benzene rings is 3. The first kappa shape index (κ1) is 23.5. The van der Waals surface area contributed by atoms with Crippen LogP contribution in [0.5, 0.6) is 5.75 Å². The fraction of sp³-hybridized carbons (Fsp3) is 0.300. The SMILES string of the molecule is COC(=O)C1(Nc2cccc(Cl)c2)CCC2(CC1)C(c1cccc(C)c1)=Cc1ccc(OC)cc12. The van der Waals surface area contributed by atoms with Crippen molar-refractivity contribution in [2.75, 3.05) is 19.5 Å². The first-order chi connectivity index (χ1) is 16.9. The van der Waals surface area contributed by atoms with Crippen LogP contribution in [0.25, 0.3) is 11.6 Å². The zero-order valence-corrected chi connectivity index (χ0v) is 21.1. The minimum atomic E-state index is -0.815. The van der Waals surface area contributed by atoms with Crippen LogP contribution < -0.4 is 10.1 Å². The maximum atomic E-state index is 13.2. The molecule has 0 unspecified atom stereocenters. The summed E-state index contributed by atoms with van der Waals surface area (Å²) < 4.78 is 10.9. The van der Waals surface area contributed by atoms with Crippen LogP contribution in [0.3, 0.4) is 0 Å². The number of fused-ring (bicyclic) bond motifs is 2. The summed E-state index contributed by atoms with van der Waals surface area (Å²) in [6.45, 7) is 2.12. The van der Waals surface area contributed by atoms with Crippen LogP contribution in [0.1, 0.15) is 47.9 Å². The fourth-order valence-corrected chi connectivity index (χ4v) is 6.06. The van der Waals surface area contributed by atoms with Crippen molar-refractivity contribution >= 4 is 34.9 Å². The molecule has 5 rings (SSSR count). The van der Waals surface area contributed by atoms with Crippen molar-refractivity contribution in [3.05, 3.63) is 94.0 Å². The summed E-state index contributed by atoms with van der Waals surface area (Å²) in [5.41, 5.74) is 6.07. The van der Waals surface area contributed by atoms with Crippen LogP contribution in [0.2, 0.25) is 5.02 Å². The zero-order chi connectivity index (χ0) is 24.6. The van der Waals surface area contributed by atoms with E-state index in [0.717, 1.165) is 24.3 Å². The van der Waals surface area contributed by atoms with Crippen LogP contribution in [-0.2, 0) is 14.9 Å². The third-order valence-electron chi connectivity index (χ3n) is 7.66. The van der Waals surface area contributed by atoms with Gasteiger partial charge in [0.1, 0.15) is 11.3 Å². The summed E-state index contributed by atoms with van der Waals surface area (Å²) in [5, 5.41) is 4.13. The Morgan fingerprint density at radius 3 is 2.40 bits per heavy atom. The average molecular weight is 488 g/mol. The molecule has 0 aliphatic heterocycles. The minimum Gasteiger partial charge on any atom is -0.497 e. The second kappa shape index (κ2) is 9.09. The van der Waals surface area contributed by atoms with Crippen molar-refractivity contribution in [3.63, 3.8) is 0 Å². The molecule has 180 valence electrons. The molecule has 3 aromatic carbocycles. The number of carbonyl (C=O) groups is 1. The molecule has 2 aliphatic rings. The van der Waals surface area contributed by atoms with Crippen LogP contribution >= 0.6 is 11.6 Å². The summed E-state index contributed by atoms with van der Waals surface area (Å²) in [5.74, 6) is 0.612. The smallest absolute Gasteiger partial charge is 0.331 e. The van der Waals surface area contributed by atoms with Gasteiger partial charge in [0.2, 0.25) is 0 Å². The molecule has 35 heavy (non-hydrogen) atoms. The molecule has 0 saturated heterocycles. The Kier molecular flexibility index (Phi) is 6.10. The van der Waals surface area contributed by atoms with Crippen molar-refractivity contribution in [1.29, 1.82) is 0 Å². The van der Waals surface area contributed by atoms with Crippen LogP contribution in [-0.4, -0.2) is 25.7 Å². The number of allylic oxidation sites excluding steroid dienone is 1. The second-order valence-electron chi connectivity index (χ2n) is 9.67. The maximum Gasteiger partial charge on any atom is 0.331 e. The molecule has 0 heterocycles. The van der Waals surface area contributed by atoms with E-state index in [2.05, 4.69) is 54.7 Å². The number of nitrogens with one attached hydrogen (secondary N) is 1. The Morgan fingerprint density at radius 1 is 0.943 bits per heavy atom. The van der Waals surface area contributed by atoms with Gasteiger partial charge in [-0.05, 0) is 91.3 Å². The third kappa shape index (κ3) is 4.10. The van der Waals surface area contributed by atoms with Gasteiger partial charge in [-0.3, -0.25) is 0 Å². The van der Waals surface area contributed by atoms with Gasteiger partial charge in [-0.15, -0.1) is 0 Å². The van der Waals surface area contributed by atoms with E-state index in [9.17, 15) is 4.79 Å². The van der Waals surface area contributed by atoms with Crippen LogP contribution in [0.15, 0.2) is 66.7 Å². The largest absolute Gasteiger partial charge is 0.497 e. The van der Waals surface area contributed by atoms with E-state index in [0.29, 0.717) is 17.9 Å². The molecule has 1 spiro atoms. The van der Waals surface area contributed by atoms with E-state index >= 15 is 0 Å². The van der Waals surface area contributed by atoms with E-state index in [1.165, 1.54) is 34.9 Å². The molecule has 5 heteroatoms. The van der Waals surface area contributed by atoms with E-state index in [1.54, 1.807) is 7.11 Å². The molecule has 1 fully saturated rings. The van der Waals surface area contributed by atoms with Gasteiger partial charge in [-0.1, -0.05) is 53.6 Å². The lowest BCUT2D eigenvalue weighted by molar-refractivity contribution is -0.147. The Hall–Kier alpha value is -3.24. The summed E-state index contributed by atoms with van der Waals surface area (Å²) in [6.07, 6.45) is 5.18. The predicted molar refractivity (Wildman–Crippen MR) is 142 cm³/mol. The molecule has 0 aromatic heterocycles. The number of esters is 1. The average Bonchev–Trinajstić information content (AvgIpc) is 3.18. The fourth-order valence-electron chi connectivity index (χ4n) is 5.87. The summed E-state index contributed by atoms with van der Waals surface area (Å²) >= 11 is 6.23. The van der Waals surface area contributed by atoms with Gasteiger partial charge in [0.15, 0.2) is 0 Å². The quantitative estimate of drug-likeness (QED) is 0.392. The zero-order valence-electron chi connectivity index (χ0n) is 20.4. The molecular weight excluding hydrogens is 458 g/mol. The Labute approximate surface area is 211 Å². The number of anilines is 1. The van der Waals surface area contributed by atoms with Crippen molar-refractivity contribution in [1.82, 2.24) is 0 Å². The topological polar surface area (TPSA) is 47.6 Å². The summed E-state index contributed by atoms with van der Waals surface area (Å²) in [7, 11) is 3.16. The van der Waals surface area contributed by atoms with Crippen molar-refractivity contribution in [3.8, 4) is 5.75 Å². The van der Waals surface area contributed by atoms with Gasteiger partial charge >= 0.3 is 5.97 Å². The number of hydrogen-bond acceptors (Lipinski definition) is 4. The number of halogens is 1. The Bertz CT molecular complexity index is 1300. The molecule has 1 N–H and O–H groups in total. The summed E-state index contributed by atoms with van der Waals surface area (Å²) in [4.78, 5) is 13.2. The maximum absolute atomic E-state index is 13.2. The second-order valence-corrected chi connectivity index (χ2v) is 10.1. The van der Waals surface area contributed by atoms with Crippen molar-refractivity contribution in [2.24, 2.45) is 0 Å². The van der Waals surface area contributed by atoms with E-state index in [-0.39, 0.29) is 11.4 Å². The molecule has 3 aromatic rings. The molecule has 2 aliphatic carbocycles. The highest BCUT2D eigenvalue weighted by Crippen LogP contribution is 2.57. The molecule has 1 saturated carbocycles. The lowest BCUT2D eigenvalue weighted by atomic mass is 9.61. The van der Waals surface area contributed by atoms with Gasteiger partial charge in [0.05, 0.1) is 14.2 Å². The Morgan fingerprint density at radius 2 is 1.71 bits per heavy atom. The van der Waals surface area contributed by atoms with Gasteiger partial charge in [-0.25, -0.2) is 4.79 Å². The minimum absolute atomic E-state index is 0.203. The molecule has 0 atom stereocenters. The van der Waals surface area contributed by atoms with Crippen molar-refractivity contribution in [2.45, 2.75) is 43.6 Å². The number of methoxy groups -OCH3 is 2. The lowest BCUT2D eigenvalue weighted by Gasteiger charge is -2.46. The molecule has 0 bridgehead atoms. The van der Waals surface area contributed by atoms with E-state index < -0.39 is 5.54 Å². The van der Waals surface area contributed by atoms with Gasteiger partial charge in [-0.2, -0.15) is 0 Å². The first-order valence-corrected chi connectivity index (χ1v) is 12.4. The number of aryl methyl sites for hydroxylation is 1. The number of carbonyl (C=O) groups excluding carboxylic acids is 1. The van der Waals surface area contributed by atoms with E-state index in [1.807, 2.05) is 30.3 Å². The normalized spacial score (nSPS) is 22.9. The standard InChI is InChI=1S/C30H30ClNO3/c1-20-6-4-7-21(16-20)26-17-22-10-11-25(34-2)19-27(22)29(26)12-14-30(15-13-29,28(33)35-3)32-24-9-5-8-23(31)18-24/h4-11,16-19,32H,12-15H2,1-3H3. The van der Waals surface area contributed by atoms with Crippen LogP contribution in [0.4, 0.5) is 5.69 Å². The Balaban J connectivity index is 1.56. The monoisotopic (exact) mass is 487 g/mol. The van der Waals surface area contributed by atoms with Gasteiger partial charge < -0.3 is 14.8 Å². The lowest BCUT2D eigenvalue weighted by Crippen LogP contribution is -2.52. The predicted octanol–water partition coefficient (Wildman–Crippen LogP) is 7.05. The molecule has 4 nitrogen and oxygen atoms in total. The first-order valence-electron chi connectivity index (χ1n) is 12.0. The number of ether oxygens (including phenoxy) is 2. The van der Waals surface area contributed by atoms with E-state index in [4.69, 9.17) is 21.1 Å².